The Morgan fingerprint density at radius 3 is 2.81 bits per heavy atom. The number of aliphatic imine (C=N–C) groups is 1. The summed E-state index contributed by atoms with van der Waals surface area (Å²) in [6.07, 6.45) is 5.12. The number of rotatable bonds is 5. The van der Waals surface area contributed by atoms with E-state index in [2.05, 4.69) is 32.3 Å². The third kappa shape index (κ3) is 3.48. The van der Waals surface area contributed by atoms with Gasteiger partial charge < -0.3 is 5.32 Å². The van der Waals surface area contributed by atoms with Gasteiger partial charge in [-0.25, -0.2) is 19.0 Å². The van der Waals surface area contributed by atoms with Gasteiger partial charge in [-0.2, -0.15) is 5.10 Å². The number of hydrogen-bond acceptors (Lipinski definition) is 5. The Morgan fingerprint density at radius 2 is 2.04 bits per heavy atom. The maximum atomic E-state index is 14.0. The van der Waals surface area contributed by atoms with Gasteiger partial charge in [-0.3, -0.25) is 4.99 Å². The number of nitrogens with one attached hydrogen (secondary N) is 1. The smallest absolute Gasteiger partial charge is 0.223 e. The molecule has 0 bridgehead atoms. The zero-order valence-corrected chi connectivity index (χ0v) is 15.1. The fourth-order valence-electron chi connectivity index (χ4n) is 3.01. The predicted molar refractivity (Wildman–Crippen MR) is 104 cm³/mol. The van der Waals surface area contributed by atoms with Gasteiger partial charge in [-0.05, 0) is 43.2 Å². The highest BCUT2D eigenvalue weighted by Gasteiger charge is 2.13. The van der Waals surface area contributed by atoms with Gasteiger partial charge in [0.15, 0.2) is 0 Å². The molecule has 0 saturated carbocycles. The molecule has 0 saturated heterocycles. The molecular weight excluding hydrogens is 343 g/mol. The first kappa shape index (κ1) is 17.1. The molecule has 0 atom stereocenters. The zero-order valence-electron chi connectivity index (χ0n) is 15.1. The normalized spacial score (nSPS) is 13.8. The van der Waals surface area contributed by atoms with Crippen LogP contribution in [0, 0.1) is 5.82 Å². The average Bonchev–Trinajstić information content (AvgIpc) is 3.28. The molecule has 0 spiro atoms. The highest BCUT2D eigenvalue weighted by atomic mass is 19.1. The third-order valence-electron chi connectivity index (χ3n) is 4.56. The second-order valence-electron chi connectivity index (χ2n) is 6.40. The van der Waals surface area contributed by atoms with Crippen molar-refractivity contribution in [1.29, 1.82) is 0 Å². The van der Waals surface area contributed by atoms with E-state index in [1.54, 1.807) is 42.9 Å². The van der Waals surface area contributed by atoms with Crippen LogP contribution in [-0.2, 0) is 0 Å². The second-order valence-corrected chi connectivity index (χ2v) is 6.40. The van der Waals surface area contributed by atoms with Gasteiger partial charge in [-0.1, -0.05) is 12.1 Å². The summed E-state index contributed by atoms with van der Waals surface area (Å²) in [6.45, 7) is 5.51. The van der Waals surface area contributed by atoms with Crippen molar-refractivity contribution < 1.29 is 4.39 Å². The Bertz CT molecular complexity index is 1050. The van der Waals surface area contributed by atoms with Crippen LogP contribution in [0.25, 0.3) is 16.9 Å². The highest BCUT2D eigenvalue weighted by molar-refractivity contribution is 6.01. The second kappa shape index (κ2) is 7.11. The van der Waals surface area contributed by atoms with Crippen molar-refractivity contribution in [3.63, 3.8) is 0 Å². The quantitative estimate of drug-likeness (QED) is 0.752. The molecule has 3 heterocycles. The Morgan fingerprint density at radius 1 is 1.19 bits per heavy atom. The first-order chi connectivity index (χ1) is 13.1. The minimum Gasteiger partial charge on any atom is -0.350 e. The van der Waals surface area contributed by atoms with E-state index >= 15 is 0 Å². The lowest BCUT2D eigenvalue weighted by Crippen LogP contribution is -2.12. The number of halogens is 1. The molecule has 1 aliphatic heterocycles. The van der Waals surface area contributed by atoms with E-state index in [1.165, 1.54) is 21.9 Å². The minimum atomic E-state index is -0.325. The Labute approximate surface area is 156 Å². The standard InChI is InChI=1S/C20H19FN6/c1-13-9-23-14(2)16(13)11-24-20-22-8-7-18(26-20)15-10-25-27(12-15)19-6-4-3-5-17(19)21/h3-8,10,12H,9,11H2,1-2H3,(H,22,24,26). The van der Waals surface area contributed by atoms with Crippen LogP contribution in [-0.4, -0.2) is 38.5 Å². The molecule has 0 fully saturated rings. The molecule has 6 nitrogen and oxygen atoms in total. The summed E-state index contributed by atoms with van der Waals surface area (Å²) in [5.41, 5.74) is 5.44. The molecule has 7 heteroatoms. The fraction of sp³-hybridized carbons (Fsp3) is 0.200. The van der Waals surface area contributed by atoms with Crippen molar-refractivity contribution in [2.75, 3.05) is 18.4 Å². The minimum absolute atomic E-state index is 0.325. The van der Waals surface area contributed by atoms with Crippen molar-refractivity contribution in [2.45, 2.75) is 13.8 Å². The maximum Gasteiger partial charge on any atom is 0.223 e. The number of hydrogen-bond donors (Lipinski definition) is 1. The van der Waals surface area contributed by atoms with Crippen molar-refractivity contribution in [3.8, 4) is 16.9 Å². The fourth-order valence-corrected chi connectivity index (χ4v) is 3.01. The lowest BCUT2D eigenvalue weighted by Gasteiger charge is -2.08. The molecule has 0 amide bonds. The van der Waals surface area contributed by atoms with Gasteiger partial charge in [0.25, 0.3) is 0 Å². The van der Waals surface area contributed by atoms with Gasteiger partial charge >= 0.3 is 0 Å². The zero-order chi connectivity index (χ0) is 18.8. The van der Waals surface area contributed by atoms with E-state index in [-0.39, 0.29) is 5.82 Å². The average molecular weight is 362 g/mol. The first-order valence-corrected chi connectivity index (χ1v) is 8.69. The molecule has 1 aromatic carbocycles. The largest absolute Gasteiger partial charge is 0.350 e. The van der Waals surface area contributed by atoms with Gasteiger partial charge in [0.05, 0.1) is 18.4 Å². The summed E-state index contributed by atoms with van der Waals surface area (Å²) in [4.78, 5) is 13.3. The first-order valence-electron chi connectivity index (χ1n) is 8.69. The number of para-hydroxylation sites is 1. The van der Waals surface area contributed by atoms with Gasteiger partial charge in [0, 0.05) is 30.2 Å². The van der Waals surface area contributed by atoms with Gasteiger partial charge in [0.1, 0.15) is 11.5 Å². The van der Waals surface area contributed by atoms with Crippen LogP contribution in [0.1, 0.15) is 13.8 Å². The van der Waals surface area contributed by atoms with Crippen molar-refractivity contribution >= 4 is 11.7 Å². The maximum absolute atomic E-state index is 14.0. The van der Waals surface area contributed by atoms with E-state index in [9.17, 15) is 4.39 Å². The van der Waals surface area contributed by atoms with Crippen LogP contribution < -0.4 is 5.32 Å². The lowest BCUT2D eigenvalue weighted by atomic mass is 10.1. The predicted octanol–water partition coefficient (Wildman–Crippen LogP) is 3.67. The topological polar surface area (TPSA) is 68.0 Å². The van der Waals surface area contributed by atoms with Crippen LogP contribution in [0.4, 0.5) is 10.3 Å². The van der Waals surface area contributed by atoms with E-state index in [0.717, 1.165) is 23.5 Å². The molecule has 27 heavy (non-hydrogen) atoms. The summed E-state index contributed by atoms with van der Waals surface area (Å²) in [5.74, 6) is 0.209. The Hall–Kier alpha value is -3.35. The molecule has 3 aromatic rings. The molecule has 0 radical (unpaired) electrons. The van der Waals surface area contributed by atoms with Gasteiger partial charge in [-0.15, -0.1) is 0 Å². The summed E-state index contributed by atoms with van der Waals surface area (Å²) in [5, 5.41) is 7.51. The van der Waals surface area contributed by atoms with E-state index in [4.69, 9.17) is 0 Å². The van der Waals surface area contributed by atoms with Gasteiger partial charge in [0.2, 0.25) is 5.95 Å². The number of anilines is 1. The van der Waals surface area contributed by atoms with Crippen LogP contribution in [0.3, 0.4) is 0 Å². The number of aromatic nitrogens is 4. The van der Waals surface area contributed by atoms with Crippen molar-refractivity contribution in [1.82, 2.24) is 19.7 Å². The molecule has 136 valence electrons. The Kier molecular flexibility index (Phi) is 4.50. The highest BCUT2D eigenvalue weighted by Crippen LogP contribution is 2.21. The lowest BCUT2D eigenvalue weighted by molar-refractivity contribution is 0.611. The summed E-state index contributed by atoms with van der Waals surface area (Å²) >= 11 is 0. The summed E-state index contributed by atoms with van der Waals surface area (Å²) < 4.78 is 15.5. The van der Waals surface area contributed by atoms with Crippen molar-refractivity contribution in [2.24, 2.45) is 4.99 Å². The van der Waals surface area contributed by atoms with E-state index < -0.39 is 0 Å². The number of benzene rings is 1. The summed E-state index contributed by atoms with van der Waals surface area (Å²) in [7, 11) is 0. The van der Waals surface area contributed by atoms with E-state index in [0.29, 0.717) is 18.2 Å². The molecule has 1 N–H and O–H groups in total. The van der Waals surface area contributed by atoms with Crippen LogP contribution in [0.5, 0.6) is 0 Å². The molecule has 2 aromatic heterocycles. The van der Waals surface area contributed by atoms with Crippen LogP contribution in [0.2, 0.25) is 0 Å². The van der Waals surface area contributed by atoms with E-state index in [1.807, 2.05) is 6.92 Å². The monoisotopic (exact) mass is 362 g/mol. The molecule has 0 aliphatic carbocycles. The van der Waals surface area contributed by atoms with Crippen molar-refractivity contribution in [3.05, 3.63) is 65.9 Å². The SMILES string of the molecule is CC1=NCC(C)=C1CNc1nccc(-c2cnn(-c3ccccc3F)c2)n1. The van der Waals surface area contributed by atoms with Crippen LogP contribution >= 0.6 is 0 Å². The molecular formula is C20H19FN6. The third-order valence-corrected chi connectivity index (χ3v) is 4.56. The molecule has 4 rings (SSSR count). The Balaban J connectivity index is 1.54. The molecule has 0 unspecified atom stereocenters. The summed E-state index contributed by atoms with van der Waals surface area (Å²) in [6, 6.07) is 8.33. The molecule has 1 aliphatic rings. The number of nitrogens with zero attached hydrogens (tertiary/aromatic N) is 5. The van der Waals surface area contributed by atoms with Crippen LogP contribution in [0.15, 0.2) is 65.1 Å².